The van der Waals surface area contributed by atoms with E-state index in [-0.39, 0.29) is 0 Å². The first-order chi connectivity index (χ1) is 10.3. The SMILES string of the molecule is Clc1ccc2c(ccn2Cc2cccc3ccccc23)c1. The molecule has 0 aliphatic carbocycles. The van der Waals surface area contributed by atoms with Gasteiger partial charge in [0, 0.05) is 28.7 Å². The van der Waals surface area contributed by atoms with Crippen molar-refractivity contribution in [3.63, 3.8) is 0 Å². The van der Waals surface area contributed by atoms with Gasteiger partial charge in [0.15, 0.2) is 0 Å². The highest BCUT2D eigenvalue weighted by Crippen LogP contribution is 2.24. The predicted octanol–water partition coefficient (Wildman–Crippen LogP) is 5.50. The first kappa shape index (κ1) is 12.5. The van der Waals surface area contributed by atoms with Crippen molar-refractivity contribution in [2.45, 2.75) is 6.54 Å². The minimum atomic E-state index is 0.783. The highest BCUT2D eigenvalue weighted by Gasteiger charge is 2.05. The summed E-state index contributed by atoms with van der Waals surface area (Å²) in [4.78, 5) is 0. The molecule has 1 nitrogen and oxygen atoms in total. The molecule has 0 fully saturated rings. The Morgan fingerprint density at radius 3 is 2.62 bits per heavy atom. The topological polar surface area (TPSA) is 4.93 Å². The van der Waals surface area contributed by atoms with Crippen molar-refractivity contribution in [1.82, 2.24) is 4.57 Å². The van der Waals surface area contributed by atoms with Crippen LogP contribution in [0.25, 0.3) is 21.7 Å². The molecule has 21 heavy (non-hydrogen) atoms. The van der Waals surface area contributed by atoms with E-state index in [9.17, 15) is 0 Å². The number of hydrogen-bond acceptors (Lipinski definition) is 0. The van der Waals surface area contributed by atoms with Gasteiger partial charge in [-0.15, -0.1) is 0 Å². The highest BCUT2D eigenvalue weighted by molar-refractivity contribution is 6.31. The van der Waals surface area contributed by atoms with Crippen LogP contribution in [0.5, 0.6) is 0 Å². The number of aromatic nitrogens is 1. The molecule has 3 aromatic carbocycles. The summed E-state index contributed by atoms with van der Waals surface area (Å²) in [7, 11) is 0. The smallest absolute Gasteiger partial charge is 0.0484 e. The fraction of sp³-hybridized carbons (Fsp3) is 0.0526. The van der Waals surface area contributed by atoms with Crippen molar-refractivity contribution in [3.8, 4) is 0 Å². The fourth-order valence-corrected chi connectivity index (χ4v) is 3.10. The second-order valence-corrected chi connectivity index (χ2v) is 5.72. The number of nitrogens with zero attached hydrogens (tertiary/aromatic N) is 1. The summed E-state index contributed by atoms with van der Waals surface area (Å²) in [6.07, 6.45) is 2.13. The van der Waals surface area contributed by atoms with E-state index in [1.807, 2.05) is 12.1 Å². The van der Waals surface area contributed by atoms with E-state index in [4.69, 9.17) is 11.6 Å². The zero-order valence-electron chi connectivity index (χ0n) is 11.5. The first-order valence-corrected chi connectivity index (χ1v) is 7.40. The van der Waals surface area contributed by atoms with Crippen LogP contribution >= 0.6 is 11.6 Å². The number of fused-ring (bicyclic) bond motifs is 2. The Kier molecular flexibility index (Phi) is 2.94. The summed E-state index contributed by atoms with van der Waals surface area (Å²) in [5.74, 6) is 0. The summed E-state index contributed by atoms with van der Waals surface area (Å²) >= 11 is 6.06. The molecule has 1 aromatic heterocycles. The van der Waals surface area contributed by atoms with Crippen molar-refractivity contribution >= 4 is 33.3 Å². The van der Waals surface area contributed by atoms with Gasteiger partial charge in [0.25, 0.3) is 0 Å². The van der Waals surface area contributed by atoms with Gasteiger partial charge in [-0.3, -0.25) is 0 Å². The van der Waals surface area contributed by atoms with Crippen LogP contribution in [0.15, 0.2) is 72.9 Å². The molecule has 0 unspecified atom stereocenters. The molecule has 0 N–H and O–H groups in total. The molecule has 0 saturated carbocycles. The Labute approximate surface area is 128 Å². The van der Waals surface area contributed by atoms with Gasteiger partial charge in [-0.2, -0.15) is 0 Å². The van der Waals surface area contributed by atoms with E-state index in [2.05, 4.69) is 65.4 Å². The lowest BCUT2D eigenvalue weighted by Gasteiger charge is -2.09. The van der Waals surface area contributed by atoms with Gasteiger partial charge in [-0.1, -0.05) is 54.1 Å². The molecule has 1 heterocycles. The molecule has 0 amide bonds. The van der Waals surface area contributed by atoms with Crippen LogP contribution < -0.4 is 0 Å². The third-order valence-electron chi connectivity index (χ3n) is 3.95. The number of benzene rings is 3. The third kappa shape index (κ3) is 2.20. The molecule has 0 aliphatic rings. The first-order valence-electron chi connectivity index (χ1n) is 7.02. The van der Waals surface area contributed by atoms with Crippen molar-refractivity contribution in [2.24, 2.45) is 0 Å². The maximum atomic E-state index is 6.06. The van der Waals surface area contributed by atoms with E-state index < -0.39 is 0 Å². The molecule has 0 atom stereocenters. The Balaban J connectivity index is 1.83. The lowest BCUT2D eigenvalue weighted by molar-refractivity contribution is 0.843. The fourth-order valence-electron chi connectivity index (χ4n) is 2.92. The summed E-state index contributed by atoms with van der Waals surface area (Å²) in [6.45, 7) is 0.868. The molecule has 0 radical (unpaired) electrons. The maximum absolute atomic E-state index is 6.06. The largest absolute Gasteiger partial charge is 0.343 e. The molecule has 0 spiro atoms. The zero-order valence-corrected chi connectivity index (χ0v) is 12.2. The Morgan fingerprint density at radius 2 is 1.67 bits per heavy atom. The van der Waals surface area contributed by atoms with E-state index in [1.165, 1.54) is 27.2 Å². The van der Waals surface area contributed by atoms with Crippen molar-refractivity contribution in [3.05, 3.63) is 83.5 Å². The number of hydrogen-bond donors (Lipinski definition) is 0. The van der Waals surface area contributed by atoms with Gasteiger partial charge >= 0.3 is 0 Å². The van der Waals surface area contributed by atoms with Gasteiger partial charge in [0.1, 0.15) is 0 Å². The molecule has 0 bridgehead atoms. The summed E-state index contributed by atoms with van der Waals surface area (Å²) in [6, 6.07) is 23.2. The monoisotopic (exact) mass is 291 g/mol. The second kappa shape index (κ2) is 4.94. The quantitative estimate of drug-likeness (QED) is 0.460. The van der Waals surface area contributed by atoms with Crippen LogP contribution in [0.4, 0.5) is 0 Å². The average molecular weight is 292 g/mol. The minimum absolute atomic E-state index is 0.783. The molecule has 2 heteroatoms. The van der Waals surface area contributed by atoms with E-state index >= 15 is 0 Å². The molecule has 4 aromatic rings. The third-order valence-corrected chi connectivity index (χ3v) is 4.19. The van der Waals surface area contributed by atoms with Crippen LogP contribution in [0.2, 0.25) is 5.02 Å². The van der Waals surface area contributed by atoms with E-state index in [0.29, 0.717) is 0 Å². The minimum Gasteiger partial charge on any atom is -0.343 e. The number of rotatable bonds is 2. The maximum Gasteiger partial charge on any atom is 0.0484 e. The summed E-state index contributed by atoms with van der Waals surface area (Å²) in [5.41, 5.74) is 2.55. The van der Waals surface area contributed by atoms with Crippen molar-refractivity contribution in [1.29, 1.82) is 0 Å². The standard InChI is InChI=1S/C19H14ClN/c20-17-8-9-19-15(12-17)10-11-21(19)13-16-6-3-5-14-4-1-2-7-18(14)16/h1-12H,13H2. The highest BCUT2D eigenvalue weighted by atomic mass is 35.5. The Hall–Kier alpha value is -2.25. The molecule has 0 aliphatic heterocycles. The van der Waals surface area contributed by atoms with Crippen LogP contribution in [-0.2, 0) is 6.54 Å². The summed E-state index contributed by atoms with van der Waals surface area (Å²) < 4.78 is 2.27. The van der Waals surface area contributed by atoms with Gasteiger partial charge < -0.3 is 4.57 Å². The van der Waals surface area contributed by atoms with Gasteiger partial charge in [0.2, 0.25) is 0 Å². The number of halogens is 1. The normalized spacial score (nSPS) is 11.3. The predicted molar refractivity (Wildman–Crippen MR) is 90.0 cm³/mol. The molecular weight excluding hydrogens is 278 g/mol. The van der Waals surface area contributed by atoms with Gasteiger partial charge in [0.05, 0.1) is 0 Å². The van der Waals surface area contributed by atoms with Crippen LogP contribution in [0, 0.1) is 0 Å². The Bertz CT molecular complexity index is 931. The van der Waals surface area contributed by atoms with Crippen LogP contribution in [-0.4, -0.2) is 4.57 Å². The second-order valence-electron chi connectivity index (χ2n) is 5.29. The van der Waals surface area contributed by atoms with Gasteiger partial charge in [-0.05, 0) is 40.6 Å². The van der Waals surface area contributed by atoms with Gasteiger partial charge in [-0.25, -0.2) is 0 Å². The summed E-state index contributed by atoms with van der Waals surface area (Å²) in [5, 5.41) is 4.57. The molecule has 4 rings (SSSR count). The molecular formula is C19H14ClN. The lowest BCUT2D eigenvalue weighted by atomic mass is 10.0. The van der Waals surface area contributed by atoms with Crippen molar-refractivity contribution in [2.75, 3.05) is 0 Å². The van der Waals surface area contributed by atoms with E-state index in [1.54, 1.807) is 0 Å². The van der Waals surface area contributed by atoms with Crippen LogP contribution in [0.3, 0.4) is 0 Å². The average Bonchev–Trinajstić information content (AvgIpc) is 2.90. The van der Waals surface area contributed by atoms with Crippen molar-refractivity contribution < 1.29 is 0 Å². The molecule has 102 valence electrons. The zero-order chi connectivity index (χ0) is 14.2. The Morgan fingerprint density at radius 1 is 0.810 bits per heavy atom. The lowest BCUT2D eigenvalue weighted by Crippen LogP contribution is -1.98. The van der Waals surface area contributed by atoms with E-state index in [0.717, 1.165) is 11.6 Å². The molecule has 0 saturated heterocycles. The van der Waals surface area contributed by atoms with Crippen LogP contribution in [0.1, 0.15) is 5.56 Å².